The molecule has 2 nitrogen and oxygen atoms in total. The van der Waals surface area contributed by atoms with Crippen molar-refractivity contribution < 1.29 is 36.7 Å². The van der Waals surface area contributed by atoms with Crippen LogP contribution in [0.1, 0.15) is 0 Å². The van der Waals surface area contributed by atoms with Crippen molar-refractivity contribution in [3.63, 3.8) is 0 Å². The average molecular weight is 185 g/mol. The monoisotopic (exact) mass is 184 g/mol. The molecule has 0 fully saturated rings. The van der Waals surface area contributed by atoms with E-state index in [4.69, 9.17) is 9.90 Å². The second-order valence-electron chi connectivity index (χ2n) is 0.506. The van der Waals surface area contributed by atoms with Gasteiger partial charge in [0.1, 0.15) is 6.67 Å². The molecular formula is C2H2AgFO2. The van der Waals surface area contributed by atoms with Crippen molar-refractivity contribution in [3.8, 4) is 0 Å². The quantitative estimate of drug-likeness (QED) is 0.476. The number of rotatable bonds is 1. The topological polar surface area (TPSA) is 40.1 Å². The normalized spacial score (nSPS) is 6.17. The van der Waals surface area contributed by atoms with E-state index in [0.29, 0.717) is 0 Å². The molecule has 0 unspecified atom stereocenters. The fourth-order valence-corrected chi connectivity index (χ4v) is 0. The first-order valence-corrected chi connectivity index (χ1v) is 1.03. The van der Waals surface area contributed by atoms with Crippen LogP contribution in [0.25, 0.3) is 0 Å². The number of aliphatic carboxylic acids is 1. The van der Waals surface area contributed by atoms with Crippen LogP contribution >= 0.6 is 0 Å². The maximum atomic E-state index is 10.5. The van der Waals surface area contributed by atoms with E-state index in [1.54, 1.807) is 0 Å². The molecule has 0 spiro atoms. The fraction of sp³-hybridized carbons (Fsp3) is 0.500. The predicted octanol–water partition coefficient (Wildman–Crippen LogP) is -1.30. The molecule has 0 saturated heterocycles. The Bertz CT molecular complexity index is 46.8. The third kappa shape index (κ3) is 8.91. The van der Waals surface area contributed by atoms with Gasteiger partial charge in [-0.1, -0.05) is 0 Å². The second-order valence-corrected chi connectivity index (χ2v) is 0.506. The number of halogens is 1. The van der Waals surface area contributed by atoms with Crippen molar-refractivity contribution in [1.29, 1.82) is 0 Å². The van der Waals surface area contributed by atoms with Crippen molar-refractivity contribution >= 4 is 5.97 Å². The SMILES string of the molecule is O=C([O-])CF.[Ag+]. The summed E-state index contributed by atoms with van der Waals surface area (Å²) >= 11 is 0. The number of carboxylic acids is 1. The fourth-order valence-electron chi connectivity index (χ4n) is 0. The molecule has 0 amide bonds. The zero-order valence-corrected chi connectivity index (χ0v) is 4.19. The maximum Gasteiger partial charge on any atom is 1.00 e. The van der Waals surface area contributed by atoms with E-state index in [1.807, 2.05) is 0 Å². The number of hydrogen-bond acceptors (Lipinski definition) is 2. The van der Waals surface area contributed by atoms with E-state index in [9.17, 15) is 4.39 Å². The molecule has 0 aromatic rings. The molecule has 0 rings (SSSR count). The van der Waals surface area contributed by atoms with Crippen LogP contribution in [0.2, 0.25) is 0 Å². The number of carboxylic acid groups (broad SMARTS) is 1. The molecule has 0 N–H and O–H groups in total. The summed E-state index contributed by atoms with van der Waals surface area (Å²) in [5, 5.41) is 8.88. The summed E-state index contributed by atoms with van der Waals surface area (Å²) in [6.45, 7) is -1.39. The van der Waals surface area contributed by atoms with Gasteiger partial charge in [0.2, 0.25) is 0 Å². The summed E-state index contributed by atoms with van der Waals surface area (Å²) in [7, 11) is 0. The van der Waals surface area contributed by atoms with Gasteiger partial charge in [-0.05, 0) is 0 Å². The van der Waals surface area contributed by atoms with Crippen molar-refractivity contribution in [2.75, 3.05) is 6.67 Å². The number of hydrogen-bond donors (Lipinski definition) is 0. The third-order valence-corrected chi connectivity index (χ3v) is 0.109. The first-order valence-electron chi connectivity index (χ1n) is 1.03. The average Bonchev–Trinajstić information content (AvgIpc) is 1.38. The van der Waals surface area contributed by atoms with Gasteiger partial charge in [0.25, 0.3) is 0 Å². The Morgan fingerprint density at radius 2 is 2.00 bits per heavy atom. The van der Waals surface area contributed by atoms with Gasteiger partial charge in [-0.15, -0.1) is 0 Å². The Kier molecular flexibility index (Phi) is 8.11. The van der Waals surface area contributed by atoms with Gasteiger partial charge < -0.3 is 9.90 Å². The van der Waals surface area contributed by atoms with Crippen LogP contribution in [-0.4, -0.2) is 12.6 Å². The first-order chi connectivity index (χ1) is 2.27. The van der Waals surface area contributed by atoms with E-state index in [0.717, 1.165) is 0 Å². The number of alkyl halides is 1. The molecule has 0 heterocycles. The van der Waals surface area contributed by atoms with Crippen LogP contribution in [-0.2, 0) is 27.2 Å². The molecular weight excluding hydrogens is 183 g/mol. The Morgan fingerprint density at radius 3 is 2.00 bits per heavy atom. The molecule has 4 heteroatoms. The van der Waals surface area contributed by atoms with E-state index < -0.39 is 12.6 Å². The minimum absolute atomic E-state index is 0. The van der Waals surface area contributed by atoms with Crippen LogP contribution in [0.15, 0.2) is 0 Å². The molecule has 0 bridgehead atoms. The summed E-state index contributed by atoms with van der Waals surface area (Å²) in [4.78, 5) is 8.88. The molecule has 0 atom stereocenters. The van der Waals surface area contributed by atoms with Crippen LogP contribution in [0.4, 0.5) is 4.39 Å². The minimum Gasteiger partial charge on any atom is -0.547 e. The van der Waals surface area contributed by atoms with Crippen molar-refractivity contribution in [1.82, 2.24) is 0 Å². The van der Waals surface area contributed by atoms with Gasteiger partial charge in [-0.2, -0.15) is 0 Å². The van der Waals surface area contributed by atoms with Crippen molar-refractivity contribution in [2.45, 2.75) is 0 Å². The minimum atomic E-state index is -1.66. The molecule has 0 aliphatic rings. The van der Waals surface area contributed by atoms with Crippen molar-refractivity contribution in [3.05, 3.63) is 0 Å². The summed E-state index contributed by atoms with van der Waals surface area (Å²) in [5.74, 6) is -1.66. The van der Waals surface area contributed by atoms with Crippen LogP contribution in [0.5, 0.6) is 0 Å². The van der Waals surface area contributed by atoms with Crippen molar-refractivity contribution in [2.24, 2.45) is 0 Å². The maximum absolute atomic E-state index is 10.5. The molecule has 0 aromatic heterocycles. The zero-order valence-electron chi connectivity index (χ0n) is 2.70. The molecule has 40 valence electrons. The van der Waals surface area contributed by atoms with Gasteiger partial charge in [-0.25, -0.2) is 4.39 Å². The Labute approximate surface area is 49.9 Å². The Balaban J connectivity index is 0. The number of carbonyl (C=O) groups is 1. The molecule has 6 heavy (non-hydrogen) atoms. The summed E-state index contributed by atoms with van der Waals surface area (Å²) in [6, 6.07) is 0. The Hall–Kier alpha value is 0.140. The summed E-state index contributed by atoms with van der Waals surface area (Å²) in [6.07, 6.45) is 0. The van der Waals surface area contributed by atoms with E-state index >= 15 is 0 Å². The van der Waals surface area contributed by atoms with E-state index in [2.05, 4.69) is 0 Å². The Morgan fingerprint density at radius 1 is 1.83 bits per heavy atom. The van der Waals surface area contributed by atoms with Crippen LogP contribution in [0, 0.1) is 0 Å². The molecule has 0 aromatic carbocycles. The van der Waals surface area contributed by atoms with Gasteiger partial charge in [0.15, 0.2) is 0 Å². The summed E-state index contributed by atoms with van der Waals surface area (Å²) in [5.41, 5.74) is 0. The first kappa shape index (κ1) is 9.46. The van der Waals surface area contributed by atoms with E-state index in [-0.39, 0.29) is 22.4 Å². The largest absolute Gasteiger partial charge is 1.00 e. The van der Waals surface area contributed by atoms with Gasteiger partial charge in [-0.3, -0.25) is 0 Å². The second kappa shape index (κ2) is 5.14. The smallest absolute Gasteiger partial charge is 0.547 e. The molecule has 0 saturated carbocycles. The van der Waals surface area contributed by atoms with E-state index in [1.165, 1.54) is 0 Å². The molecule has 0 aliphatic carbocycles. The van der Waals surface area contributed by atoms with Crippen LogP contribution in [0.3, 0.4) is 0 Å². The summed E-state index contributed by atoms with van der Waals surface area (Å²) < 4.78 is 10.5. The standard InChI is InChI=1S/C2H3FO2.Ag/c3-1-2(4)5;/h1H2,(H,4,5);/q;+1/p-1. The predicted molar refractivity (Wildman–Crippen MR) is 11.0 cm³/mol. The van der Waals surface area contributed by atoms with Crippen LogP contribution < -0.4 is 5.11 Å². The zero-order chi connectivity index (χ0) is 4.28. The van der Waals surface area contributed by atoms with Gasteiger partial charge >= 0.3 is 22.4 Å². The molecule has 0 aliphatic heterocycles. The van der Waals surface area contributed by atoms with Gasteiger partial charge in [0.05, 0.1) is 5.97 Å². The molecule has 0 radical (unpaired) electrons. The third-order valence-electron chi connectivity index (χ3n) is 0.109. The van der Waals surface area contributed by atoms with Gasteiger partial charge in [0, 0.05) is 0 Å². The number of carbonyl (C=O) groups excluding carboxylic acids is 1.